The number of carbonyl (C=O) groups excluding carboxylic acids is 1. The monoisotopic (exact) mass is 230 g/mol. The van der Waals surface area contributed by atoms with Crippen molar-refractivity contribution in [1.82, 2.24) is 14.5 Å². The second-order valence-electron chi connectivity index (χ2n) is 3.84. The third-order valence-electron chi connectivity index (χ3n) is 2.40. The summed E-state index contributed by atoms with van der Waals surface area (Å²) in [5.41, 5.74) is 0.875. The highest BCUT2D eigenvalue weighted by Gasteiger charge is 2.08. The third-order valence-corrected chi connectivity index (χ3v) is 2.40. The minimum atomic E-state index is -0.114. The predicted molar refractivity (Wildman–Crippen MR) is 64.5 cm³/mol. The van der Waals surface area contributed by atoms with Crippen LogP contribution in [-0.4, -0.2) is 20.4 Å². The standard InChI is InChI=1S/C12H14N4O/c1-9-4-3-5-10(14-9)15-12(17)8-11-13-6-7-16(11)2/h3-7H,8H2,1-2H3,(H,14,15,17). The smallest absolute Gasteiger partial charge is 0.233 e. The van der Waals surface area contributed by atoms with Crippen LogP contribution in [0.2, 0.25) is 0 Å². The number of carbonyl (C=O) groups is 1. The van der Waals surface area contributed by atoms with E-state index in [0.29, 0.717) is 5.82 Å². The summed E-state index contributed by atoms with van der Waals surface area (Å²) in [6.07, 6.45) is 3.74. The number of rotatable bonds is 3. The van der Waals surface area contributed by atoms with Crippen LogP contribution < -0.4 is 5.32 Å². The highest BCUT2D eigenvalue weighted by atomic mass is 16.1. The van der Waals surface area contributed by atoms with Gasteiger partial charge in [0.15, 0.2) is 0 Å². The maximum absolute atomic E-state index is 11.7. The lowest BCUT2D eigenvalue weighted by molar-refractivity contribution is -0.115. The van der Waals surface area contributed by atoms with Gasteiger partial charge in [0.05, 0.1) is 6.42 Å². The van der Waals surface area contributed by atoms with Crippen molar-refractivity contribution < 1.29 is 4.79 Å². The van der Waals surface area contributed by atoms with Gasteiger partial charge in [0.25, 0.3) is 0 Å². The Hall–Kier alpha value is -2.17. The van der Waals surface area contributed by atoms with E-state index in [-0.39, 0.29) is 12.3 Å². The Balaban J connectivity index is 2.01. The molecular weight excluding hydrogens is 216 g/mol. The summed E-state index contributed by atoms with van der Waals surface area (Å²) in [6.45, 7) is 1.88. The Bertz CT molecular complexity index is 533. The fourth-order valence-electron chi connectivity index (χ4n) is 1.51. The van der Waals surface area contributed by atoms with Crippen LogP contribution >= 0.6 is 0 Å². The molecule has 2 aromatic rings. The number of amides is 1. The van der Waals surface area contributed by atoms with Crippen LogP contribution in [0.3, 0.4) is 0 Å². The quantitative estimate of drug-likeness (QED) is 0.864. The number of nitrogens with zero attached hydrogens (tertiary/aromatic N) is 3. The molecular formula is C12H14N4O. The van der Waals surface area contributed by atoms with Crippen LogP contribution in [0.4, 0.5) is 5.82 Å². The lowest BCUT2D eigenvalue weighted by Gasteiger charge is -2.05. The van der Waals surface area contributed by atoms with Gasteiger partial charge in [-0.1, -0.05) is 6.07 Å². The van der Waals surface area contributed by atoms with Crippen molar-refractivity contribution in [2.75, 3.05) is 5.32 Å². The van der Waals surface area contributed by atoms with E-state index >= 15 is 0 Å². The maximum Gasteiger partial charge on any atom is 0.233 e. The molecule has 88 valence electrons. The van der Waals surface area contributed by atoms with Crippen LogP contribution in [0.25, 0.3) is 0 Å². The van der Waals surface area contributed by atoms with Crippen LogP contribution in [0.1, 0.15) is 11.5 Å². The van der Waals surface area contributed by atoms with E-state index in [1.807, 2.05) is 36.9 Å². The molecule has 0 saturated heterocycles. The first kappa shape index (κ1) is 11.3. The fourth-order valence-corrected chi connectivity index (χ4v) is 1.51. The molecule has 0 unspecified atom stereocenters. The highest BCUT2D eigenvalue weighted by molar-refractivity contribution is 5.90. The number of hydrogen-bond acceptors (Lipinski definition) is 3. The van der Waals surface area contributed by atoms with Crippen molar-refractivity contribution in [2.45, 2.75) is 13.3 Å². The number of hydrogen-bond donors (Lipinski definition) is 1. The Morgan fingerprint density at radius 1 is 1.47 bits per heavy atom. The summed E-state index contributed by atoms with van der Waals surface area (Å²) in [5.74, 6) is 1.19. The van der Waals surface area contributed by atoms with E-state index < -0.39 is 0 Å². The Morgan fingerprint density at radius 3 is 2.94 bits per heavy atom. The highest BCUT2D eigenvalue weighted by Crippen LogP contribution is 2.05. The van der Waals surface area contributed by atoms with Gasteiger partial charge in [-0.05, 0) is 19.1 Å². The molecule has 0 fully saturated rings. The molecule has 0 aliphatic heterocycles. The van der Waals surface area contributed by atoms with Crippen LogP contribution in [0.15, 0.2) is 30.6 Å². The van der Waals surface area contributed by atoms with Gasteiger partial charge in [-0.15, -0.1) is 0 Å². The maximum atomic E-state index is 11.7. The second-order valence-corrected chi connectivity index (χ2v) is 3.84. The predicted octanol–water partition coefficient (Wildman–Crippen LogP) is 1.30. The molecule has 0 aromatic carbocycles. The third kappa shape index (κ3) is 2.90. The molecule has 2 aromatic heterocycles. The van der Waals surface area contributed by atoms with E-state index in [4.69, 9.17) is 0 Å². The molecule has 0 saturated carbocycles. The molecule has 0 spiro atoms. The molecule has 5 nitrogen and oxygen atoms in total. The number of anilines is 1. The van der Waals surface area contributed by atoms with Crippen molar-refractivity contribution in [3.63, 3.8) is 0 Å². The van der Waals surface area contributed by atoms with Gasteiger partial charge < -0.3 is 9.88 Å². The molecule has 0 aliphatic rings. The molecule has 1 N–H and O–H groups in total. The Morgan fingerprint density at radius 2 is 2.29 bits per heavy atom. The normalized spacial score (nSPS) is 10.2. The number of aromatic nitrogens is 3. The van der Waals surface area contributed by atoms with Gasteiger partial charge in [0.1, 0.15) is 11.6 Å². The molecule has 0 aliphatic carbocycles. The zero-order valence-corrected chi connectivity index (χ0v) is 9.84. The first-order valence-electron chi connectivity index (χ1n) is 5.35. The number of aryl methyl sites for hydroxylation is 2. The van der Waals surface area contributed by atoms with E-state index in [1.165, 1.54) is 0 Å². The van der Waals surface area contributed by atoms with Crippen molar-refractivity contribution in [1.29, 1.82) is 0 Å². The molecule has 1 amide bonds. The molecule has 5 heteroatoms. The average Bonchev–Trinajstić information content (AvgIpc) is 2.64. The van der Waals surface area contributed by atoms with Gasteiger partial charge in [-0.25, -0.2) is 9.97 Å². The molecule has 2 rings (SSSR count). The minimum absolute atomic E-state index is 0.114. The summed E-state index contributed by atoms with van der Waals surface area (Å²) in [5, 5.41) is 2.74. The van der Waals surface area contributed by atoms with Crippen LogP contribution in [0, 0.1) is 6.92 Å². The zero-order valence-electron chi connectivity index (χ0n) is 9.84. The molecule has 17 heavy (non-hydrogen) atoms. The Labute approximate surface area is 99.5 Å². The van der Waals surface area contributed by atoms with Crippen molar-refractivity contribution >= 4 is 11.7 Å². The van der Waals surface area contributed by atoms with Gasteiger partial charge in [0, 0.05) is 25.1 Å². The van der Waals surface area contributed by atoms with Crippen LogP contribution in [0.5, 0.6) is 0 Å². The fraction of sp³-hybridized carbons (Fsp3) is 0.250. The van der Waals surface area contributed by atoms with Crippen molar-refractivity contribution in [2.24, 2.45) is 7.05 Å². The minimum Gasteiger partial charge on any atom is -0.338 e. The summed E-state index contributed by atoms with van der Waals surface area (Å²) < 4.78 is 1.82. The van der Waals surface area contributed by atoms with Crippen molar-refractivity contribution in [3.8, 4) is 0 Å². The van der Waals surface area contributed by atoms with Crippen molar-refractivity contribution in [3.05, 3.63) is 42.1 Å². The SMILES string of the molecule is Cc1cccc(NC(=O)Cc2nccn2C)n1. The molecule has 0 radical (unpaired) electrons. The molecule has 0 atom stereocenters. The van der Waals surface area contributed by atoms with E-state index in [2.05, 4.69) is 15.3 Å². The lowest BCUT2D eigenvalue weighted by atomic mass is 10.3. The summed E-state index contributed by atoms with van der Waals surface area (Å²) >= 11 is 0. The summed E-state index contributed by atoms with van der Waals surface area (Å²) in [6, 6.07) is 5.51. The summed E-state index contributed by atoms with van der Waals surface area (Å²) in [7, 11) is 1.86. The molecule has 0 bridgehead atoms. The van der Waals surface area contributed by atoms with E-state index in [0.717, 1.165) is 11.5 Å². The van der Waals surface area contributed by atoms with Gasteiger partial charge in [0.2, 0.25) is 5.91 Å². The van der Waals surface area contributed by atoms with Gasteiger partial charge in [-0.2, -0.15) is 0 Å². The number of nitrogens with one attached hydrogen (secondary N) is 1. The van der Waals surface area contributed by atoms with E-state index in [9.17, 15) is 4.79 Å². The zero-order chi connectivity index (χ0) is 12.3. The van der Waals surface area contributed by atoms with Gasteiger partial charge >= 0.3 is 0 Å². The van der Waals surface area contributed by atoms with E-state index in [1.54, 1.807) is 12.3 Å². The first-order valence-corrected chi connectivity index (χ1v) is 5.35. The van der Waals surface area contributed by atoms with Gasteiger partial charge in [-0.3, -0.25) is 4.79 Å². The second kappa shape index (κ2) is 4.78. The summed E-state index contributed by atoms with van der Waals surface area (Å²) in [4.78, 5) is 20.0. The average molecular weight is 230 g/mol. The lowest BCUT2D eigenvalue weighted by Crippen LogP contribution is -2.17. The van der Waals surface area contributed by atoms with Crippen LogP contribution in [-0.2, 0) is 18.3 Å². The first-order chi connectivity index (χ1) is 8.15. The Kier molecular flexibility index (Phi) is 3.18. The molecule has 2 heterocycles. The largest absolute Gasteiger partial charge is 0.338 e. The number of pyridine rings is 1. The topological polar surface area (TPSA) is 59.8 Å². The number of imidazole rings is 1.